The van der Waals surface area contributed by atoms with Crippen LogP contribution in [0.2, 0.25) is 5.02 Å². The van der Waals surface area contributed by atoms with Gasteiger partial charge >= 0.3 is 0 Å². The van der Waals surface area contributed by atoms with Gasteiger partial charge in [0, 0.05) is 25.3 Å². The Bertz CT molecular complexity index is 1220. The molecule has 0 spiro atoms. The van der Waals surface area contributed by atoms with E-state index in [1.807, 2.05) is 0 Å². The van der Waals surface area contributed by atoms with Crippen molar-refractivity contribution in [3.63, 3.8) is 0 Å². The number of rotatable bonds is 7. The van der Waals surface area contributed by atoms with E-state index in [0.29, 0.717) is 27.7 Å². The normalized spacial score (nSPS) is 11.4. The number of anilines is 1. The number of ether oxygens (including phenoxy) is 2. The van der Waals surface area contributed by atoms with E-state index in [9.17, 15) is 13.2 Å². The quantitative estimate of drug-likeness (QED) is 0.554. The lowest BCUT2D eigenvalue weighted by Crippen LogP contribution is -2.22. The average Bonchev–Trinajstić information content (AvgIpc) is 3.23. The lowest BCUT2D eigenvalue weighted by molar-refractivity contribution is 0.102. The summed E-state index contributed by atoms with van der Waals surface area (Å²) in [6, 6.07) is 11.0. The van der Waals surface area contributed by atoms with Crippen molar-refractivity contribution in [2.45, 2.75) is 4.90 Å². The van der Waals surface area contributed by atoms with Gasteiger partial charge in [-0.1, -0.05) is 11.6 Å². The Balaban J connectivity index is 1.88. The van der Waals surface area contributed by atoms with Gasteiger partial charge in [-0.15, -0.1) is 0 Å². The van der Waals surface area contributed by atoms with E-state index in [1.54, 1.807) is 30.3 Å². The number of carbonyl (C=O) groups is 1. The number of sulfonamides is 1. The molecule has 3 aromatic rings. The van der Waals surface area contributed by atoms with Gasteiger partial charge in [0.2, 0.25) is 10.0 Å². The van der Waals surface area contributed by atoms with E-state index in [0.717, 1.165) is 4.31 Å². The molecule has 0 saturated carbocycles. The molecule has 2 aromatic carbocycles. The Hall–Kier alpha value is -3.08. The number of amides is 1. The lowest BCUT2D eigenvalue weighted by atomic mass is 10.1. The third kappa shape index (κ3) is 4.66. The standard InChI is InChI=1S/C20H21ClN4O5S/c1-25(2)31(27,28)19-9-12(5-7-18(19)30-4)15-11-16(24-23-15)20(26)22-13-6-8-17(29-3)14(21)10-13/h5-11H,1-4H3,(H,22,26)(H,23,24). The summed E-state index contributed by atoms with van der Waals surface area (Å²) >= 11 is 6.08. The number of aromatic nitrogens is 2. The second-order valence-corrected chi connectivity index (χ2v) is 9.15. The first-order valence-electron chi connectivity index (χ1n) is 8.98. The number of methoxy groups -OCH3 is 2. The molecule has 0 bridgehead atoms. The molecule has 0 aliphatic heterocycles. The molecule has 9 nitrogen and oxygen atoms in total. The maximum Gasteiger partial charge on any atom is 0.273 e. The topological polar surface area (TPSA) is 114 Å². The van der Waals surface area contributed by atoms with E-state index in [-0.39, 0.29) is 16.3 Å². The minimum Gasteiger partial charge on any atom is -0.495 e. The Morgan fingerprint density at radius 1 is 1.06 bits per heavy atom. The number of hydrogen-bond acceptors (Lipinski definition) is 6. The fraction of sp³-hybridized carbons (Fsp3) is 0.200. The zero-order valence-corrected chi connectivity index (χ0v) is 18.8. The first-order valence-corrected chi connectivity index (χ1v) is 10.8. The van der Waals surface area contributed by atoms with Crippen molar-refractivity contribution in [3.05, 3.63) is 53.2 Å². The molecule has 1 amide bonds. The van der Waals surface area contributed by atoms with E-state index in [4.69, 9.17) is 21.1 Å². The number of hydrogen-bond donors (Lipinski definition) is 2. The summed E-state index contributed by atoms with van der Waals surface area (Å²) in [6.45, 7) is 0. The third-order valence-electron chi connectivity index (χ3n) is 4.45. The second kappa shape index (κ2) is 8.96. The Labute approximate surface area is 185 Å². The molecule has 1 heterocycles. The molecule has 0 fully saturated rings. The fourth-order valence-corrected chi connectivity index (χ4v) is 4.10. The van der Waals surface area contributed by atoms with Gasteiger partial charge in [-0.05, 0) is 42.5 Å². The molecular formula is C20H21ClN4O5S. The number of benzene rings is 2. The monoisotopic (exact) mass is 464 g/mol. The van der Waals surface area contributed by atoms with Crippen LogP contribution in [0.5, 0.6) is 11.5 Å². The van der Waals surface area contributed by atoms with Gasteiger partial charge in [0.1, 0.15) is 22.1 Å². The maximum atomic E-state index is 12.6. The molecule has 0 aliphatic rings. The molecule has 0 aliphatic carbocycles. The molecule has 11 heteroatoms. The molecule has 2 N–H and O–H groups in total. The van der Waals surface area contributed by atoms with Gasteiger partial charge in [-0.25, -0.2) is 12.7 Å². The van der Waals surface area contributed by atoms with Crippen molar-refractivity contribution in [3.8, 4) is 22.8 Å². The van der Waals surface area contributed by atoms with Crippen LogP contribution < -0.4 is 14.8 Å². The average molecular weight is 465 g/mol. The minimum absolute atomic E-state index is 0.000578. The molecule has 3 rings (SSSR count). The highest BCUT2D eigenvalue weighted by molar-refractivity contribution is 7.89. The summed E-state index contributed by atoms with van der Waals surface area (Å²) in [5.74, 6) is 0.267. The molecule has 0 atom stereocenters. The van der Waals surface area contributed by atoms with E-state index < -0.39 is 15.9 Å². The zero-order valence-electron chi connectivity index (χ0n) is 17.3. The largest absolute Gasteiger partial charge is 0.495 e. The highest BCUT2D eigenvalue weighted by atomic mass is 35.5. The van der Waals surface area contributed by atoms with Gasteiger partial charge in [0.15, 0.2) is 0 Å². The lowest BCUT2D eigenvalue weighted by Gasteiger charge is -2.15. The predicted molar refractivity (Wildman–Crippen MR) is 117 cm³/mol. The maximum absolute atomic E-state index is 12.6. The van der Waals surface area contributed by atoms with Crippen LogP contribution in [0.25, 0.3) is 11.3 Å². The third-order valence-corrected chi connectivity index (χ3v) is 6.58. The first kappa shape index (κ1) is 22.6. The van der Waals surface area contributed by atoms with Crippen LogP contribution in [0.15, 0.2) is 47.4 Å². The number of halogens is 1. The van der Waals surface area contributed by atoms with Crippen molar-refractivity contribution in [2.75, 3.05) is 33.6 Å². The van der Waals surface area contributed by atoms with Gasteiger partial charge in [0.25, 0.3) is 5.91 Å². The minimum atomic E-state index is -3.74. The highest BCUT2D eigenvalue weighted by Crippen LogP contribution is 2.31. The molecule has 1 aromatic heterocycles. The van der Waals surface area contributed by atoms with E-state index in [1.165, 1.54) is 40.4 Å². The van der Waals surface area contributed by atoms with Crippen LogP contribution in [0.4, 0.5) is 5.69 Å². The van der Waals surface area contributed by atoms with Gasteiger partial charge in [-0.2, -0.15) is 5.10 Å². The summed E-state index contributed by atoms with van der Waals surface area (Å²) in [4.78, 5) is 12.6. The highest BCUT2D eigenvalue weighted by Gasteiger charge is 2.23. The second-order valence-electron chi connectivity index (χ2n) is 6.62. The number of carbonyl (C=O) groups excluding carboxylic acids is 1. The predicted octanol–water partition coefficient (Wildman–Crippen LogP) is 3.25. The van der Waals surface area contributed by atoms with Crippen molar-refractivity contribution >= 4 is 33.2 Å². The number of nitrogens with zero attached hydrogens (tertiary/aromatic N) is 2. The summed E-state index contributed by atoms with van der Waals surface area (Å²) in [5, 5.41) is 9.87. The van der Waals surface area contributed by atoms with Crippen molar-refractivity contribution in [1.29, 1.82) is 0 Å². The van der Waals surface area contributed by atoms with Crippen molar-refractivity contribution < 1.29 is 22.7 Å². The van der Waals surface area contributed by atoms with Crippen LogP contribution in [0.1, 0.15) is 10.5 Å². The van der Waals surface area contributed by atoms with Gasteiger partial charge in [0.05, 0.1) is 24.9 Å². The molecule has 0 radical (unpaired) electrons. The number of aromatic amines is 1. The summed E-state index contributed by atoms with van der Waals surface area (Å²) in [5.41, 5.74) is 1.57. The summed E-state index contributed by atoms with van der Waals surface area (Å²) < 4.78 is 36.6. The molecular weight excluding hydrogens is 444 g/mol. The molecule has 31 heavy (non-hydrogen) atoms. The van der Waals surface area contributed by atoms with Crippen LogP contribution >= 0.6 is 11.6 Å². The SMILES string of the molecule is COc1ccc(NC(=O)c2cc(-c3ccc(OC)c(S(=O)(=O)N(C)C)c3)n[nH]2)cc1Cl. The molecule has 0 saturated heterocycles. The Morgan fingerprint density at radius 3 is 2.35 bits per heavy atom. The van der Waals surface area contributed by atoms with E-state index >= 15 is 0 Å². The Morgan fingerprint density at radius 2 is 1.74 bits per heavy atom. The first-order chi connectivity index (χ1) is 14.7. The van der Waals surface area contributed by atoms with Gasteiger partial charge in [-0.3, -0.25) is 9.89 Å². The molecule has 0 unspecified atom stereocenters. The van der Waals surface area contributed by atoms with Crippen molar-refractivity contribution in [1.82, 2.24) is 14.5 Å². The van der Waals surface area contributed by atoms with Crippen LogP contribution in [-0.2, 0) is 10.0 Å². The van der Waals surface area contributed by atoms with Crippen molar-refractivity contribution in [2.24, 2.45) is 0 Å². The Kier molecular flexibility index (Phi) is 6.54. The molecule has 164 valence electrons. The van der Waals surface area contributed by atoms with Gasteiger partial charge < -0.3 is 14.8 Å². The van der Waals surface area contributed by atoms with E-state index in [2.05, 4.69) is 15.5 Å². The fourth-order valence-electron chi connectivity index (χ4n) is 2.76. The van der Waals surface area contributed by atoms with Crippen LogP contribution in [-0.4, -0.2) is 57.1 Å². The smallest absolute Gasteiger partial charge is 0.273 e. The number of nitrogens with one attached hydrogen (secondary N) is 2. The summed E-state index contributed by atoms with van der Waals surface area (Å²) in [6.07, 6.45) is 0. The number of H-pyrrole nitrogens is 1. The van der Waals surface area contributed by atoms with Crippen LogP contribution in [0.3, 0.4) is 0 Å². The zero-order chi connectivity index (χ0) is 22.8. The van der Waals surface area contributed by atoms with Crippen LogP contribution in [0, 0.1) is 0 Å². The summed E-state index contributed by atoms with van der Waals surface area (Å²) in [7, 11) is 2.02.